The largest absolute Gasteiger partial charge is 0.361 e. The fourth-order valence-corrected chi connectivity index (χ4v) is 2.70. The van der Waals surface area contributed by atoms with E-state index in [1.807, 2.05) is 6.20 Å². The molecule has 1 aliphatic heterocycles. The van der Waals surface area contributed by atoms with E-state index in [4.69, 9.17) is 4.52 Å². The average molecular weight is 256 g/mol. The van der Waals surface area contributed by atoms with Gasteiger partial charge in [0.25, 0.3) is 0 Å². The predicted octanol–water partition coefficient (Wildman–Crippen LogP) is 3.33. The topological polar surface area (TPSA) is 38.1 Å². The van der Waals surface area contributed by atoms with Crippen molar-refractivity contribution < 1.29 is 4.52 Å². The van der Waals surface area contributed by atoms with Gasteiger partial charge in [0.2, 0.25) is 0 Å². The van der Waals surface area contributed by atoms with Crippen molar-refractivity contribution in [1.29, 1.82) is 0 Å². The van der Waals surface area contributed by atoms with Crippen LogP contribution < -0.4 is 5.32 Å². The van der Waals surface area contributed by atoms with E-state index in [1.165, 1.54) is 30.4 Å². The van der Waals surface area contributed by atoms with Gasteiger partial charge in [-0.15, -0.1) is 0 Å². The smallest absolute Gasteiger partial charge is 0.146 e. The van der Waals surface area contributed by atoms with Gasteiger partial charge in [0, 0.05) is 18.0 Å². The van der Waals surface area contributed by atoms with Gasteiger partial charge in [0.05, 0.1) is 6.20 Å². The number of aryl methyl sites for hydroxylation is 1. The van der Waals surface area contributed by atoms with Crippen LogP contribution in [0.15, 0.2) is 35.0 Å². The SMILES string of the molecule is Cc1ccc(-c2cnoc2CC2CCCCN2)cc1. The van der Waals surface area contributed by atoms with Gasteiger partial charge < -0.3 is 9.84 Å². The summed E-state index contributed by atoms with van der Waals surface area (Å²) in [6.45, 7) is 3.23. The lowest BCUT2D eigenvalue weighted by Crippen LogP contribution is -2.35. The van der Waals surface area contributed by atoms with Crippen LogP contribution in [0.3, 0.4) is 0 Å². The lowest BCUT2D eigenvalue weighted by atomic mass is 9.97. The first-order valence-electron chi connectivity index (χ1n) is 7.07. The van der Waals surface area contributed by atoms with Crippen LogP contribution in [0.2, 0.25) is 0 Å². The second-order valence-electron chi connectivity index (χ2n) is 5.38. The van der Waals surface area contributed by atoms with Crippen LogP contribution in [0.5, 0.6) is 0 Å². The number of benzene rings is 1. The fraction of sp³-hybridized carbons (Fsp3) is 0.438. The van der Waals surface area contributed by atoms with Gasteiger partial charge in [-0.3, -0.25) is 0 Å². The maximum atomic E-state index is 5.46. The van der Waals surface area contributed by atoms with Crippen molar-refractivity contribution >= 4 is 0 Å². The molecule has 1 aromatic carbocycles. The van der Waals surface area contributed by atoms with Gasteiger partial charge in [-0.1, -0.05) is 41.4 Å². The fourth-order valence-electron chi connectivity index (χ4n) is 2.70. The molecule has 1 N–H and O–H groups in total. The number of nitrogens with zero attached hydrogens (tertiary/aromatic N) is 1. The molecule has 0 radical (unpaired) electrons. The number of hydrogen-bond acceptors (Lipinski definition) is 3. The Kier molecular flexibility index (Phi) is 3.65. The normalized spacial score (nSPS) is 19.5. The first-order chi connectivity index (χ1) is 9.33. The van der Waals surface area contributed by atoms with Crippen molar-refractivity contribution in [1.82, 2.24) is 10.5 Å². The summed E-state index contributed by atoms with van der Waals surface area (Å²) in [6.07, 6.45) is 6.60. The molecule has 0 aliphatic carbocycles. The van der Waals surface area contributed by atoms with E-state index in [-0.39, 0.29) is 0 Å². The van der Waals surface area contributed by atoms with Crippen LogP contribution in [-0.2, 0) is 6.42 Å². The van der Waals surface area contributed by atoms with Crippen LogP contribution in [0.25, 0.3) is 11.1 Å². The highest BCUT2D eigenvalue weighted by molar-refractivity contribution is 5.64. The third-order valence-electron chi connectivity index (χ3n) is 3.85. The van der Waals surface area contributed by atoms with Crippen LogP contribution in [-0.4, -0.2) is 17.7 Å². The second kappa shape index (κ2) is 5.57. The van der Waals surface area contributed by atoms with Gasteiger partial charge >= 0.3 is 0 Å². The van der Waals surface area contributed by atoms with E-state index in [9.17, 15) is 0 Å². The molecule has 0 saturated carbocycles. The van der Waals surface area contributed by atoms with Crippen molar-refractivity contribution in [2.75, 3.05) is 6.54 Å². The van der Waals surface area contributed by atoms with Gasteiger partial charge in [-0.2, -0.15) is 0 Å². The number of piperidine rings is 1. The Morgan fingerprint density at radius 2 is 2.11 bits per heavy atom. The zero-order valence-corrected chi connectivity index (χ0v) is 11.4. The summed E-state index contributed by atoms with van der Waals surface area (Å²) in [7, 11) is 0. The van der Waals surface area contributed by atoms with E-state index in [2.05, 4.69) is 41.7 Å². The molecular formula is C16H20N2O. The minimum atomic E-state index is 0.533. The second-order valence-corrected chi connectivity index (χ2v) is 5.38. The standard InChI is InChI=1S/C16H20N2O/c1-12-5-7-13(8-6-12)15-11-18-19-16(15)10-14-4-2-3-9-17-14/h5-8,11,14,17H,2-4,9-10H2,1H3. The number of hydrogen-bond donors (Lipinski definition) is 1. The molecule has 19 heavy (non-hydrogen) atoms. The van der Waals surface area contributed by atoms with Crippen molar-refractivity contribution in [3.63, 3.8) is 0 Å². The predicted molar refractivity (Wildman–Crippen MR) is 76.0 cm³/mol. The Labute approximate surface area is 114 Å². The summed E-state index contributed by atoms with van der Waals surface area (Å²) < 4.78 is 5.46. The first kappa shape index (κ1) is 12.4. The van der Waals surface area contributed by atoms with Crippen LogP contribution in [0.1, 0.15) is 30.6 Å². The summed E-state index contributed by atoms with van der Waals surface area (Å²) in [5.74, 6) is 1.00. The summed E-state index contributed by atoms with van der Waals surface area (Å²) >= 11 is 0. The molecule has 1 saturated heterocycles. The van der Waals surface area contributed by atoms with Crippen molar-refractivity contribution in [2.45, 2.75) is 38.6 Å². The number of nitrogens with one attached hydrogen (secondary N) is 1. The third kappa shape index (κ3) is 2.87. The molecule has 0 bridgehead atoms. The zero-order chi connectivity index (χ0) is 13.1. The monoisotopic (exact) mass is 256 g/mol. The quantitative estimate of drug-likeness (QED) is 0.915. The van der Waals surface area contributed by atoms with E-state index < -0.39 is 0 Å². The Morgan fingerprint density at radius 3 is 2.84 bits per heavy atom. The molecular weight excluding hydrogens is 236 g/mol. The molecule has 1 aliphatic rings. The highest BCUT2D eigenvalue weighted by atomic mass is 16.5. The molecule has 1 aromatic heterocycles. The molecule has 1 atom stereocenters. The van der Waals surface area contributed by atoms with E-state index in [0.717, 1.165) is 24.3 Å². The summed E-state index contributed by atoms with van der Waals surface area (Å²) in [6, 6.07) is 9.07. The lowest BCUT2D eigenvalue weighted by Gasteiger charge is -2.22. The molecule has 3 rings (SSSR count). The van der Waals surface area contributed by atoms with Gasteiger partial charge in [0.15, 0.2) is 0 Å². The summed E-state index contributed by atoms with van der Waals surface area (Å²) in [5.41, 5.74) is 3.60. The van der Waals surface area contributed by atoms with Crippen LogP contribution in [0.4, 0.5) is 0 Å². The van der Waals surface area contributed by atoms with Crippen LogP contribution in [0, 0.1) is 6.92 Å². The molecule has 2 aromatic rings. The zero-order valence-electron chi connectivity index (χ0n) is 11.4. The maximum absolute atomic E-state index is 5.46. The first-order valence-corrected chi connectivity index (χ1v) is 7.07. The molecule has 1 unspecified atom stereocenters. The number of aromatic nitrogens is 1. The van der Waals surface area contributed by atoms with E-state index in [1.54, 1.807) is 0 Å². The molecule has 3 nitrogen and oxygen atoms in total. The van der Waals surface area contributed by atoms with E-state index >= 15 is 0 Å². The molecule has 0 spiro atoms. The van der Waals surface area contributed by atoms with Gasteiger partial charge in [-0.05, 0) is 31.9 Å². The van der Waals surface area contributed by atoms with Crippen molar-refractivity contribution in [3.8, 4) is 11.1 Å². The third-order valence-corrected chi connectivity index (χ3v) is 3.85. The van der Waals surface area contributed by atoms with Crippen molar-refractivity contribution in [3.05, 3.63) is 41.8 Å². The van der Waals surface area contributed by atoms with Crippen molar-refractivity contribution in [2.24, 2.45) is 0 Å². The molecule has 2 heterocycles. The minimum Gasteiger partial charge on any atom is -0.361 e. The number of rotatable bonds is 3. The minimum absolute atomic E-state index is 0.533. The van der Waals surface area contributed by atoms with Gasteiger partial charge in [0.1, 0.15) is 5.76 Å². The molecule has 3 heteroatoms. The van der Waals surface area contributed by atoms with Crippen LogP contribution >= 0.6 is 0 Å². The lowest BCUT2D eigenvalue weighted by molar-refractivity contribution is 0.337. The highest BCUT2D eigenvalue weighted by Crippen LogP contribution is 2.26. The molecule has 1 fully saturated rings. The Bertz CT molecular complexity index is 524. The Hall–Kier alpha value is -1.61. The molecule has 0 amide bonds. The summed E-state index contributed by atoms with van der Waals surface area (Å²) in [5, 5.41) is 7.54. The highest BCUT2D eigenvalue weighted by Gasteiger charge is 2.18. The average Bonchev–Trinajstić information content (AvgIpc) is 2.89. The Balaban J connectivity index is 1.79. The van der Waals surface area contributed by atoms with E-state index in [0.29, 0.717) is 6.04 Å². The molecule has 100 valence electrons. The van der Waals surface area contributed by atoms with Gasteiger partial charge in [-0.25, -0.2) is 0 Å². The Morgan fingerprint density at radius 1 is 1.26 bits per heavy atom. The summed E-state index contributed by atoms with van der Waals surface area (Å²) in [4.78, 5) is 0. The maximum Gasteiger partial charge on any atom is 0.146 e.